The Balaban J connectivity index is 1.56. The summed E-state index contributed by atoms with van der Waals surface area (Å²) in [6.07, 6.45) is 1.60. The lowest BCUT2D eigenvalue weighted by Crippen LogP contribution is -2.40. The molecular weight excluding hydrogens is 284 g/mol. The van der Waals surface area contributed by atoms with Crippen LogP contribution in [0.4, 0.5) is 6.01 Å². The first-order valence-corrected chi connectivity index (χ1v) is 7.24. The molecule has 0 unspecified atom stereocenters. The number of benzene rings is 1. The third kappa shape index (κ3) is 3.25. The van der Waals surface area contributed by atoms with Gasteiger partial charge in [-0.2, -0.15) is 0 Å². The van der Waals surface area contributed by atoms with Gasteiger partial charge in [0, 0.05) is 6.54 Å². The van der Waals surface area contributed by atoms with Crippen LogP contribution in [0.2, 0.25) is 0 Å². The first-order chi connectivity index (χ1) is 10.7. The highest BCUT2D eigenvalue weighted by molar-refractivity contribution is 5.83. The Kier molecular flexibility index (Phi) is 4.34. The van der Waals surface area contributed by atoms with E-state index in [1.54, 1.807) is 4.90 Å². The van der Waals surface area contributed by atoms with Gasteiger partial charge in [0.1, 0.15) is 12.6 Å². The fraction of sp³-hybridized carbons (Fsp3) is 0.400. The summed E-state index contributed by atoms with van der Waals surface area (Å²) in [6.45, 7) is 1.41. The molecule has 3 rings (SSSR count). The van der Waals surface area contributed by atoms with Gasteiger partial charge >= 0.3 is 6.01 Å². The molecule has 0 bridgehead atoms. The smallest absolute Gasteiger partial charge is 0.318 e. The predicted octanol–water partition coefficient (Wildman–Crippen LogP) is 1.24. The lowest BCUT2D eigenvalue weighted by atomic mass is 10.2. The summed E-state index contributed by atoms with van der Waals surface area (Å²) < 4.78 is 11.1. The standard InChI is InChI=1S/C15H18N4O3/c16-14(20)12-7-4-8-19(12)15-18-17-13(22-15)10-21-9-11-5-2-1-3-6-11/h1-3,5-6,12H,4,7-10H2,(H2,16,20)/t12-/m0/s1. The number of amides is 1. The molecular formula is C15H18N4O3. The number of nitrogens with zero attached hydrogens (tertiary/aromatic N) is 3. The molecule has 1 saturated heterocycles. The van der Waals surface area contributed by atoms with Crippen molar-refractivity contribution in [1.29, 1.82) is 0 Å². The third-order valence-corrected chi connectivity index (χ3v) is 3.62. The van der Waals surface area contributed by atoms with Gasteiger partial charge in [-0.15, -0.1) is 5.10 Å². The highest BCUT2D eigenvalue weighted by Crippen LogP contribution is 2.24. The van der Waals surface area contributed by atoms with Crippen LogP contribution in [0.3, 0.4) is 0 Å². The number of carbonyl (C=O) groups is 1. The highest BCUT2D eigenvalue weighted by atomic mass is 16.5. The van der Waals surface area contributed by atoms with Gasteiger partial charge in [-0.3, -0.25) is 4.79 Å². The van der Waals surface area contributed by atoms with Crippen molar-refractivity contribution in [3.8, 4) is 0 Å². The summed E-state index contributed by atoms with van der Waals surface area (Å²) in [7, 11) is 0. The number of hydrogen-bond acceptors (Lipinski definition) is 6. The van der Waals surface area contributed by atoms with Gasteiger partial charge in [-0.05, 0) is 18.4 Å². The summed E-state index contributed by atoms with van der Waals surface area (Å²) in [5.41, 5.74) is 6.46. The van der Waals surface area contributed by atoms with Crippen molar-refractivity contribution in [3.05, 3.63) is 41.8 Å². The van der Waals surface area contributed by atoms with Crippen molar-refractivity contribution in [1.82, 2.24) is 10.2 Å². The zero-order valence-electron chi connectivity index (χ0n) is 12.1. The third-order valence-electron chi connectivity index (χ3n) is 3.62. The van der Waals surface area contributed by atoms with E-state index in [0.717, 1.165) is 18.4 Å². The van der Waals surface area contributed by atoms with E-state index in [0.29, 0.717) is 25.1 Å². The summed E-state index contributed by atoms with van der Waals surface area (Å²) in [4.78, 5) is 13.1. The first-order valence-electron chi connectivity index (χ1n) is 7.24. The van der Waals surface area contributed by atoms with Crippen LogP contribution in [-0.2, 0) is 22.7 Å². The maximum absolute atomic E-state index is 11.4. The van der Waals surface area contributed by atoms with Gasteiger partial charge in [0.15, 0.2) is 0 Å². The molecule has 0 saturated carbocycles. The van der Waals surface area contributed by atoms with E-state index in [2.05, 4.69) is 10.2 Å². The summed E-state index contributed by atoms with van der Waals surface area (Å²) in [6, 6.07) is 9.82. The topological polar surface area (TPSA) is 94.5 Å². The first kappa shape index (κ1) is 14.5. The molecule has 0 radical (unpaired) electrons. The highest BCUT2D eigenvalue weighted by Gasteiger charge is 2.32. The van der Waals surface area contributed by atoms with E-state index in [4.69, 9.17) is 14.9 Å². The van der Waals surface area contributed by atoms with Crippen LogP contribution in [0.15, 0.2) is 34.7 Å². The van der Waals surface area contributed by atoms with Gasteiger partial charge in [0.25, 0.3) is 0 Å². The Morgan fingerprint density at radius 2 is 2.14 bits per heavy atom. The number of carbonyl (C=O) groups excluding carboxylic acids is 1. The van der Waals surface area contributed by atoms with Crippen molar-refractivity contribution < 1.29 is 13.9 Å². The van der Waals surface area contributed by atoms with Crippen LogP contribution in [0, 0.1) is 0 Å². The molecule has 0 aliphatic carbocycles. The van der Waals surface area contributed by atoms with Crippen LogP contribution in [0.25, 0.3) is 0 Å². The molecule has 22 heavy (non-hydrogen) atoms. The molecule has 1 aromatic carbocycles. The normalized spacial score (nSPS) is 17.8. The van der Waals surface area contributed by atoms with Gasteiger partial charge in [-0.1, -0.05) is 35.4 Å². The second kappa shape index (κ2) is 6.57. The van der Waals surface area contributed by atoms with Gasteiger partial charge in [0.05, 0.1) is 6.61 Å². The van der Waals surface area contributed by atoms with Crippen LogP contribution in [-0.4, -0.2) is 28.7 Å². The molecule has 7 heteroatoms. The van der Waals surface area contributed by atoms with Crippen LogP contribution < -0.4 is 10.6 Å². The fourth-order valence-electron chi connectivity index (χ4n) is 2.54. The van der Waals surface area contributed by atoms with E-state index in [1.165, 1.54) is 0 Å². The average Bonchev–Trinajstić information content (AvgIpc) is 3.17. The molecule has 1 fully saturated rings. The number of hydrogen-bond donors (Lipinski definition) is 1. The molecule has 1 aliphatic rings. The van der Waals surface area contributed by atoms with E-state index < -0.39 is 0 Å². The molecule has 2 aromatic rings. The van der Waals surface area contributed by atoms with E-state index in [1.807, 2.05) is 30.3 Å². The summed E-state index contributed by atoms with van der Waals surface area (Å²) in [5, 5.41) is 7.93. The van der Waals surface area contributed by atoms with Gasteiger partial charge < -0.3 is 19.8 Å². The Labute approximate surface area is 128 Å². The second-order valence-corrected chi connectivity index (χ2v) is 5.21. The van der Waals surface area contributed by atoms with Gasteiger partial charge in [-0.25, -0.2) is 0 Å². The maximum Gasteiger partial charge on any atom is 0.318 e. The average molecular weight is 302 g/mol. The number of ether oxygens (including phenoxy) is 1. The number of primary amides is 1. The Morgan fingerprint density at radius 3 is 2.91 bits per heavy atom. The molecule has 2 N–H and O–H groups in total. The second-order valence-electron chi connectivity index (χ2n) is 5.21. The molecule has 1 atom stereocenters. The van der Waals surface area contributed by atoms with Crippen molar-refractivity contribution in [2.45, 2.75) is 32.1 Å². The summed E-state index contributed by atoms with van der Waals surface area (Å²) in [5.74, 6) is 0.0265. The van der Waals surface area contributed by atoms with Crippen molar-refractivity contribution >= 4 is 11.9 Å². The Bertz CT molecular complexity index is 629. The lowest BCUT2D eigenvalue weighted by molar-refractivity contribution is -0.119. The minimum Gasteiger partial charge on any atom is -0.405 e. The lowest BCUT2D eigenvalue weighted by Gasteiger charge is -2.18. The molecule has 7 nitrogen and oxygen atoms in total. The van der Waals surface area contributed by atoms with Gasteiger partial charge in [0.2, 0.25) is 11.8 Å². The minimum atomic E-state index is -0.363. The van der Waals surface area contributed by atoms with Crippen molar-refractivity contribution in [2.24, 2.45) is 5.73 Å². The van der Waals surface area contributed by atoms with Crippen LogP contribution >= 0.6 is 0 Å². The number of anilines is 1. The number of aromatic nitrogens is 2. The molecule has 1 aromatic heterocycles. The Morgan fingerprint density at radius 1 is 1.32 bits per heavy atom. The molecule has 116 valence electrons. The molecule has 1 amide bonds. The summed E-state index contributed by atoms with van der Waals surface area (Å²) >= 11 is 0. The van der Waals surface area contributed by atoms with Crippen LogP contribution in [0.5, 0.6) is 0 Å². The maximum atomic E-state index is 11.4. The Hall–Kier alpha value is -2.41. The molecule has 2 heterocycles. The van der Waals surface area contributed by atoms with Crippen molar-refractivity contribution in [3.63, 3.8) is 0 Å². The zero-order chi connectivity index (χ0) is 15.4. The largest absolute Gasteiger partial charge is 0.405 e. The van der Waals surface area contributed by atoms with E-state index in [9.17, 15) is 4.79 Å². The SMILES string of the molecule is NC(=O)[C@@H]1CCCN1c1nnc(COCc2ccccc2)o1. The number of nitrogens with two attached hydrogens (primary N) is 1. The quantitative estimate of drug-likeness (QED) is 0.862. The predicted molar refractivity (Wildman–Crippen MR) is 78.8 cm³/mol. The fourth-order valence-corrected chi connectivity index (χ4v) is 2.54. The van der Waals surface area contributed by atoms with Crippen LogP contribution in [0.1, 0.15) is 24.3 Å². The molecule has 1 aliphatic heterocycles. The zero-order valence-corrected chi connectivity index (χ0v) is 12.1. The van der Waals surface area contributed by atoms with E-state index >= 15 is 0 Å². The number of rotatable bonds is 6. The van der Waals surface area contributed by atoms with Crippen molar-refractivity contribution in [2.75, 3.05) is 11.4 Å². The molecule has 0 spiro atoms. The van der Waals surface area contributed by atoms with E-state index in [-0.39, 0.29) is 18.6 Å². The monoisotopic (exact) mass is 302 g/mol. The minimum absolute atomic E-state index is 0.233.